The van der Waals surface area contributed by atoms with Crippen LogP contribution in [0.1, 0.15) is 18.7 Å². The zero-order chi connectivity index (χ0) is 14.0. The Hall–Kier alpha value is -1.52. The van der Waals surface area contributed by atoms with Gasteiger partial charge in [0.15, 0.2) is 0 Å². The smallest absolute Gasteiger partial charge is 0.248 e. The second-order valence-electron chi connectivity index (χ2n) is 4.21. The van der Waals surface area contributed by atoms with Crippen LogP contribution in [-0.2, 0) is 4.79 Å². The second-order valence-corrected chi connectivity index (χ2v) is 5.03. The molecule has 0 bridgehead atoms. The van der Waals surface area contributed by atoms with E-state index < -0.39 is 6.04 Å². The Morgan fingerprint density at radius 3 is 2.63 bits per heavy atom. The van der Waals surface area contributed by atoms with E-state index in [0.29, 0.717) is 15.7 Å². The molecule has 1 aromatic heterocycles. The quantitative estimate of drug-likeness (QED) is 0.939. The van der Waals surface area contributed by atoms with Gasteiger partial charge in [0.25, 0.3) is 0 Å². The Kier molecular flexibility index (Phi) is 4.12. The van der Waals surface area contributed by atoms with Crippen LogP contribution in [0.15, 0.2) is 30.5 Å². The number of nitrogens with zero attached hydrogens (tertiary/aromatic N) is 2. The van der Waals surface area contributed by atoms with E-state index in [4.69, 9.17) is 23.2 Å². The average molecular weight is 298 g/mol. The predicted molar refractivity (Wildman–Crippen MR) is 76.8 cm³/mol. The van der Waals surface area contributed by atoms with Crippen molar-refractivity contribution in [3.63, 3.8) is 0 Å². The zero-order valence-corrected chi connectivity index (χ0v) is 12.0. The lowest BCUT2D eigenvalue weighted by atomic mass is 10.2. The molecule has 0 radical (unpaired) electrons. The maximum absolute atomic E-state index is 12.1. The molecule has 2 rings (SSSR count). The molecule has 0 aliphatic rings. The Labute approximate surface area is 121 Å². The van der Waals surface area contributed by atoms with Crippen LogP contribution in [0.25, 0.3) is 0 Å². The second kappa shape index (κ2) is 5.63. The van der Waals surface area contributed by atoms with Crippen LogP contribution < -0.4 is 5.32 Å². The molecule has 0 fully saturated rings. The molecule has 2 aromatic rings. The first-order valence-corrected chi connectivity index (χ1v) is 6.50. The van der Waals surface area contributed by atoms with Gasteiger partial charge in [-0.05, 0) is 38.1 Å². The molecule has 1 unspecified atom stereocenters. The van der Waals surface area contributed by atoms with E-state index >= 15 is 0 Å². The first-order valence-electron chi connectivity index (χ1n) is 5.75. The third-order valence-corrected chi connectivity index (χ3v) is 3.54. The highest BCUT2D eigenvalue weighted by Gasteiger charge is 2.17. The van der Waals surface area contributed by atoms with Gasteiger partial charge in [-0.15, -0.1) is 0 Å². The highest BCUT2D eigenvalue weighted by molar-refractivity contribution is 6.42. The number of carbonyl (C=O) groups excluding carboxylic acids is 1. The summed E-state index contributed by atoms with van der Waals surface area (Å²) in [5, 5.41) is 7.76. The number of anilines is 1. The Bertz CT molecular complexity index is 610. The lowest BCUT2D eigenvalue weighted by molar-refractivity contribution is -0.119. The molecule has 1 N–H and O–H groups in total. The Balaban J connectivity index is 2.13. The summed E-state index contributed by atoms with van der Waals surface area (Å²) >= 11 is 11.7. The third-order valence-electron chi connectivity index (χ3n) is 2.80. The first kappa shape index (κ1) is 13.9. The minimum Gasteiger partial charge on any atom is -0.324 e. The lowest BCUT2D eigenvalue weighted by Gasteiger charge is -2.14. The van der Waals surface area contributed by atoms with Crippen molar-refractivity contribution in [3.8, 4) is 0 Å². The van der Waals surface area contributed by atoms with Gasteiger partial charge >= 0.3 is 0 Å². The monoisotopic (exact) mass is 297 g/mol. The molecule has 0 saturated heterocycles. The standard InChI is InChI=1S/C13H13Cl2N3O/c1-8-5-6-16-18(8)9(2)13(19)17-10-3-4-11(14)12(15)7-10/h3-7,9H,1-2H3,(H,17,19). The summed E-state index contributed by atoms with van der Waals surface area (Å²) in [4.78, 5) is 12.1. The van der Waals surface area contributed by atoms with Crippen molar-refractivity contribution in [2.45, 2.75) is 19.9 Å². The van der Waals surface area contributed by atoms with Crippen molar-refractivity contribution in [2.24, 2.45) is 0 Å². The summed E-state index contributed by atoms with van der Waals surface area (Å²) < 4.78 is 1.66. The van der Waals surface area contributed by atoms with Gasteiger partial charge < -0.3 is 5.32 Å². The number of carbonyl (C=O) groups is 1. The number of nitrogens with one attached hydrogen (secondary N) is 1. The lowest BCUT2D eigenvalue weighted by Crippen LogP contribution is -2.25. The molecule has 0 aliphatic carbocycles. The van der Waals surface area contributed by atoms with E-state index in [1.54, 1.807) is 36.0 Å². The van der Waals surface area contributed by atoms with Crippen LogP contribution in [0.2, 0.25) is 10.0 Å². The van der Waals surface area contributed by atoms with Crippen LogP contribution in [0.4, 0.5) is 5.69 Å². The molecule has 19 heavy (non-hydrogen) atoms. The number of aromatic nitrogens is 2. The van der Waals surface area contributed by atoms with E-state index in [1.165, 1.54) is 0 Å². The number of amides is 1. The van der Waals surface area contributed by atoms with E-state index in [1.807, 2.05) is 13.0 Å². The van der Waals surface area contributed by atoms with E-state index in [-0.39, 0.29) is 5.91 Å². The minimum absolute atomic E-state index is 0.162. The van der Waals surface area contributed by atoms with Crippen LogP contribution in [0.3, 0.4) is 0 Å². The molecular weight excluding hydrogens is 285 g/mol. The van der Waals surface area contributed by atoms with Gasteiger partial charge in [-0.1, -0.05) is 23.2 Å². The normalized spacial score (nSPS) is 12.2. The number of benzene rings is 1. The molecule has 100 valence electrons. The molecule has 6 heteroatoms. The van der Waals surface area contributed by atoms with E-state index in [9.17, 15) is 4.79 Å². The van der Waals surface area contributed by atoms with E-state index in [0.717, 1.165) is 5.69 Å². The maximum atomic E-state index is 12.1. The van der Waals surface area contributed by atoms with Crippen molar-refractivity contribution in [1.82, 2.24) is 9.78 Å². The molecular formula is C13H13Cl2N3O. The Morgan fingerprint density at radius 2 is 2.05 bits per heavy atom. The van der Waals surface area contributed by atoms with E-state index in [2.05, 4.69) is 10.4 Å². The molecule has 1 aromatic carbocycles. The highest BCUT2D eigenvalue weighted by Crippen LogP contribution is 2.25. The Morgan fingerprint density at radius 1 is 1.32 bits per heavy atom. The van der Waals surface area contributed by atoms with Crippen LogP contribution in [0, 0.1) is 6.92 Å². The third kappa shape index (κ3) is 3.08. The van der Waals surface area contributed by atoms with Gasteiger partial charge in [-0.3, -0.25) is 9.48 Å². The summed E-state index contributed by atoms with van der Waals surface area (Å²) in [5.41, 5.74) is 1.54. The van der Waals surface area contributed by atoms with Crippen molar-refractivity contribution >= 4 is 34.8 Å². The van der Waals surface area contributed by atoms with Crippen LogP contribution in [0.5, 0.6) is 0 Å². The molecule has 0 aliphatic heterocycles. The average Bonchev–Trinajstić information content (AvgIpc) is 2.79. The minimum atomic E-state index is -0.399. The number of rotatable bonds is 3. The molecule has 4 nitrogen and oxygen atoms in total. The highest BCUT2D eigenvalue weighted by atomic mass is 35.5. The van der Waals surface area contributed by atoms with Gasteiger partial charge in [-0.25, -0.2) is 0 Å². The van der Waals surface area contributed by atoms with Crippen molar-refractivity contribution in [3.05, 3.63) is 46.2 Å². The number of hydrogen-bond donors (Lipinski definition) is 1. The topological polar surface area (TPSA) is 46.9 Å². The molecule has 0 spiro atoms. The number of halogens is 2. The van der Waals surface area contributed by atoms with Gasteiger partial charge in [0.05, 0.1) is 10.0 Å². The SMILES string of the molecule is Cc1ccnn1C(C)C(=O)Nc1ccc(Cl)c(Cl)c1. The van der Waals surface area contributed by atoms with Gasteiger partial charge in [0.1, 0.15) is 6.04 Å². The number of aryl methyl sites for hydroxylation is 1. The first-order chi connectivity index (χ1) is 8.99. The molecule has 1 heterocycles. The predicted octanol–water partition coefficient (Wildman–Crippen LogP) is 3.70. The van der Waals surface area contributed by atoms with Crippen LogP contribution in [-0.4, -0.2) is 15.7 Å². The fraction of sp³-hybridized carbons (Fsp3) is 0.231. The summed E-state index contributed by atoms with van der Waals surface area (Å²) in [6.07, 6.45) is 1.66. The summed E-state index contributed by atoms with van der Waals surface area (Å²) in [6.45, 7) is 3.68. The van der Waals surface area contributed by atoms with Gasteiger partial charge in [-0.2, -0.15) is 5.10 Å². The van der Waals surface area contributed by atoms with Gasteiger partial charge in [0, 0.05) is 17.6 Å². The number of hydrogen-bond acceptors (Lipinski definition) is 2. The van der Waals surface area contributed by atoms with Crippen molar-refractivity contribution in [2.75, 3.05) is 5.32 Å². The fourth-order valence-electron chi connectivity index (χ4n) is 1.72. The van der Waals surface area contributed by atoms with Gasteiger partial charge in [0.2, 0.25) is 5.91 Å². The zero-order valence-electron chi connectivity index (χ0n) is 10.5. The van der Waals surface area contributed by atoms with Crippen LogP contribution >= 0.6 is 23.2 Å². The maximum Gasteiger partial charge on any atom is 0.248 e. The fourth-order valence-corrected chi connectivity index (χ4v) is 2.02. The molecule has 1 atom stereocenters. The van der Waals surface area contributed by atoms with Crippen molar-refractivity contribution < 1.29 is 4.79 Å². The summed E-state index contributed by atoms with van der Waals surface area (Å²) in [6, 6.07) is 6.41. The largest absolute Gasteiger partial charge is 0.324 e. The summed E-state index contributed by atoms with van der Waals surface area (Å²) in [5.74, 6) is -0.162. The molecule has 0 saturated carbocycles. The summed E-state index contributed by atoms with van der Waals surface area (Å²) in [7, 11) is 0. The molecule has 1 amide bonds. The van der Waals surface area contributed by atoms with Crippen molar-refractivity contribution in [1.29, 1.82) is 0 Å².